The maximum Gasteiger partial charge on any atom is 0.266 e. The zero-order valence-corrected chi connectivity index (χ0v) is 27.7. The van der Waals surface area contributed by atoms with Gasteiger partial charge in [-0.2, -0.15) is 0 Å². The average molecular weight is 651 g/mol. The first kappa shape index (κ1) is 31.6. The van der Waals surface area contributed by atoms with Crippen LogP contribution in [0, 0.1) is 6.92 Å². The number of ether oxygens (including phenoxy) is 2. The van der Waals surface area contributed by atoms with Crippen LogP contribution in [0.3, 0.4) is 0 Å². The highest BCUT2D eigenvalue weighted by Gasteiger charge is 2.37. The third-order valence-corrected chi connectivity index (χ3v) is 9.36. The molecule has 5 aromatic carbocycles. The number of amides is 4. The first-order valence-corrected chi connectivity index (χ1v) is 16.0. The van der Waals surface area contributed by atoms with E-state index in [-0.39, 0.29) is 42.3 Å². The van der Waals surface area contributed by atoms with E-state index in [1.165, 1.54) is 11.9 Å². The summed E-state index contributed by atoms with van der Waals surface area (Å²) in [5.74, 6) is 0.154. The van der Waals surface area contributed by atoms with Crippen LogP contribution in [-0.4, -0.2) is 35.6 Å². The lowest BCUT2D eigenvalue weighted by atomic mass is 9.78. The molecular weight excluding hydrogens is 616 g/mol. The number of fused-ring (bicyclic) bond motifs is 2. The molecule has 2 aliphatic rings. The molecule has 8 heteroatoms. The number of anilines is 1. The summed E-state index contributed by atoms with van der Waals surface area (Å²) in [6, 6.07) is 33.7. The van der Waals surface area contributed by atoms with Crippen LogP contribution in [0.2, 0.25) is 0 Å². The van der Waals surface area contributed by atoms with Crippen LogP contribution in [0.15, 0.2) is 109 Å². The highest BCUT2D eigenvalue weighted by Crippen LogP contribution is 2.34. The molecule has 0 saturated carbocycles. The highest BCUT2D eigenvalue weighted by molar-refractivity contribution is 6.34. The number of rotatable bonds is 9. The normalized spacial score (nSPS) is 14.0. The van der Waals surface area contributed by atoms with E-state index in [9.17, 15) is 19.2 Å². The summed E-state index contributed by atoms with van der Waals surface area (Å²) in [5.41, 5.74) is 6.73. The highest BCUT2D eigenvalue weighted by atomic mass is 16.5. The van der Waals surface area contributed by atoms with Crippen molar-refractivity contribution in [3.8, 4) is 11.5 Å². The van der Waals surface area contributed by atoms with E-state index in [1.54, 1.807) is 36.4 Å². The number of benzene rings is 5. The van der Waals surface area contributed by atoms with E-state index in [4.69, 9.17) is 9.47 Å². The smallest absolute Gasteiger partial charge is 0.266 e. The molecule has 0 bridgehead atoms. The van der Waals surface area contributed by atoms with Crippen molar-refractivity contribution >= 4 is 29.3 Å². The maximum atomic E-state index is 13.2. The first-order chi connectivity index (χ1) is 23.5. The number of hydrogen-bond donors (Lipinski definition) is 0. The molecule has 2 aliphatic heterocycles. The van der Waals surface area contributed by atoms with Gasteiger partial charge >= 0.3 is 0 Å². The lowest BCUT2D eigenvalue weighted by Gasteiger charge is -2.26. The van der Waals surface area contributed by atoms with Gasteiger partial charge in [0, 0.05) is 12.5 Å². The minimum absolute atomic E-state index is 0.250. The quantitative estimate of drug-likeness (QED) is 0.153. The van der Waals surface area contributed by atoms with Crippen molar-refractivity contribution in [3.05, 3.63) is 159 Å². The molecule has 0 radical (unpaired) electrons. The van der Waals surface area contributed by atoms with Gasteiger partial charge in [-0.1, -0.05) is 67.9 Å². The Kier molecular flexibility index (Phi) is 7.87. The second-order valence-electron chi connectivity index (χ2n) is 13.0. The monoisotopic (exact) mass is 650 g/mol. The topological polar surface area (TPSA) is 93.2 Å². The van der Waals surface area contributed by atoms with Gasteiger partial charge in [-0.25, -0.2) is 4.90 Å². The van der Waals surface area contributed by atoms with Crippen LogP contribution in [0.1, 0.15) is 83.1 Å². The van der Waals surface area contributed by atoms with Gasteiger partial charge in [0.25, 0.3) is 23.6 Å². The molecule has 7 rings (SSSR count). The van der Waals surface area contributed by atoms with Crippen molar-refractivity contribution in [1.82, 2.24) is 4.90 Å². The second-order valence-corrected chi connectivity index (χ2v) is 13.0. The van der Waals surface area contributed by atoms with Gasteiger partial charge in [-0.05, 0) is 89.8 Å². The fourth-order valence-electron chi connectivity index (χ4n) is 6.24. The Hall–Kier alpha value is -6.02. The maximum absolute atomic E-state index is 13.2. The van der Waals surface area contributed by atoms with E-state index in [0.717, 1.165) is 32.7 Å². The van der Waals surface area contributed by atoms with E-state index in [2.05, 4.69) is 13.8 Å². The van der Waals surface area contributed by atoms with Crippen LogP contribution in [0.4, 0.5) is 5.69 Å². The molecule has 0 N–H and O–H groups in total. The molecule has 0 spiro atoms. The van der Waals surface area contributed by atoms with Crippen LogP contribution < -0.4 is 14.4 Å². The minimum atomic E-state index is -0.333. The van der Waals surface area contributed by atoms with Crippen LogP contribution in [0.25, 0.3) is 0 Å². The molecule has 4 amide bonds. The van der Waals surface area contributed by atoms with Gasteiger partial charge in [-0.15, -0.1) is 0 Å². The number of nitrogens with zero attached hydrogens (tertiary/aromatic N) is 2. The molecule has 0 fully saturated rings. The Morgan fingerprint density at radius 2 is 0.959 bits per heavy atom. The number of aryl methyl sites for hydroxylation is 1. The second kappa shape index (κ2) is 12.2. The van der Waals surface area contributed by atoms with E-state index >= 15 is 0 Å². The van der Waals surface area contributed by atoms with Crippen molar-refractivity contribution in [2.45, 2.75) is 39.4 Å². The Bertz CT molecular complexity index is 2130. The Labute approximate surface area is 284 Å². The van der Waals surface area contributed by atoms with Crippen molar-refractivity contribution < 1.29 is 28.7 Å². The van der Waals surface area contributed by atoms with Crippen molar-refractivity contribution in [2.75, 3.05) is 11.9 Å². The molecule has 5 aromatic rings. The van der Waals surface area contributed by atoms with Gasteiger partial charge in [0.15, 0.2) is 0 Å². The summed E-state index contributed by atoms with van der Waals surface area (Å²) >= 11 is 0. The molecule has 2 heterocycles. The van der Waals surface area contributed by atoms with Gasteiger partial charge in [0.2, 0.25) is 0 Å². The van der Waals surface area contributed by atoms with E-state index in [1.807, 2.05) is 79.7 Å². The molecular formula is C41H34N2O6. The van der Waals surface area contributed by atoms with Crippen molar-refractivity contribution in [2.24, 2.45) is 0 Å². The molecule has 0 atom stereocenters. The predicted octanol–water partition coefficient (Wildman–Crippen LogP) is 7.51. The lowest BCUT2D eigenvalue weighted by Crippen LogP contribution is -2.29. The number of imide groups is 2. The standard InChI is InChI=1S/C41H34N2O6/c1-25-5-13-30(14-6-25)43-39(46)34-20-8-27(22-36(34)40(43)47)24-49-32-17-11-29(12-18-32)41(2,3)28-9-15-31(16-10-28)48-23-26-7-19-33-35(21-26)38(45)42(4)37(33)44/h5-22H,23-24H2,1-4H3. The SMILES string of the molecule is Cc1ccc(N2C(=O)c3ccc(COc4ccc(C(C)(C)c5ccc(OCc6ccc7c(c6)C(=O)N(C)C7=O)cc5)cc4)cc3C2=O)cc1. The molecule has 0 saturated heterocycles. The summed E-state index contributed by atoms with van der Waals surface area (Å²) in [7, 11) is 1.48. The third kappa shape index (κ3) is 5.75. The third-order valence-electron chi connectivity index (χ3n) is 9.36. The molecule has 0 aromatic heterocycles. The lowest BCUT2D eigenvalue weighted by molar-refractivity contribution is 0.0692. The van der Waals surface area contributed by atoms with Crippen LogP contribution >= 0.6 is 0 Å². The van der Waals surface area contributed by atoms with Crippen LogP contribution in [0.5, 0.6) is 11.5 Å². The Morgan fingerprint density at radius 1 is 0.531 bits per heavy atom. The molecule has 0 unspecified atom stereocenters. The number of carbonyl (C=O) groups excluding carboxylic acids is 4. The summed E-state index contributed by atoms with van der Waals surface area (Å²) in [6.07, 6.45) is 0. The molecule has 0 aliphatic carbocycles. The van der Waals surface area contributed by atoms with Crippen molar-refractivity contribution in [3.63, 3.8) is 0 Å². The molecule has 49 heavy (non-hydrogen) atoms. The summed E-state index contributed by atoms with van der Waals surface area (Å²) in [6.45, 7) is 6.79. The van der Waals surface area contributed by atoms with E-state index < -0.39 is 0 Å². The summed E-state index contributed by atoms with van der Waals surface area (Å²) < 4.78 is 12.1. The fraction of sp³-hybridized carbons (Fsp3) is 0.171. The minimum Gasteiger partial charge on any atom is -0.489 e. The number of hydrogen-bond acceptors (Lipinski definition) is 6. The summed E-state index contributed by atoms with van der Waals surface area (Å²) in [5, 5.41) is 0. The van der Waals surface area contributed by atoms with Gasteiger partial charge in [0.1, 0.15) is 24.7 Å². The Balaban J connectivity index is 0.967. The largest absolute Gasteiger partial charge is 0.489 e. The first-order valence-electron chi connectivity index (χ1n) is 16.0. The average Bonchev–Trinajstić information content (AvgIpc) is 3.49. The van der Waals surface area contributed by atoms with E-state index in [0.29, 0.717) is 39.4 Å². The van der Waals surface area contributed by atoms with Gasteiger partial charge in [-0.3, -0.25) is 24.1 Å². The predicted molar refractivity (Wildman–Crippen MR) is 185 cm³/mol. The molecule has 8 nitrogen and oxygen atoms in total. The number of carbonyl (C=O) groups is 4. The van der Waals surface area contributed by atoms with Gasteiger partial charge < -0.3 is 9.47 Å². The van der Waals surface area contributed by atoms with Crippen molar-refractivity contribution in [1.29, 1.82) is 0 Å². The zero-order chi connectivity index (χ0) is 34.4. The zero-order valence-electron chi connectivity index (χ0n) is 27.7. The van der Waals surface area contributed by atoms with Gasteiger partial charge in [0.05, 0.1) is 27.9 Å². The van der Waals surface area contributed by atoms with Crippen LogP contribution in [-0.2, 0) is 18.6 Å². The molecule has 244 valence electrons. The fourth-order valence-corrected chi connectivity index (χ4v) is 6.24. The summed E-state index contributed by atoms with van der Waals surface area (Å²) in [4.78, 5) is 53.0. The Morgan fingerprint density at radius 3 is 1.47 bits per heavy atom.